The van der Waals surface area contributed by atoms with E-state index in [1.54, 1.807) is 14.2 Å². The van der Waals surface area contributed by atoms with Crippen LogP contribution in [0.15, 0.2) is 47.6 Å². The molecule has 1 fully saturated rings. The molecule has 0 bridgehead atoms. The molecule has 0 unspecified atom stereocenters. The lowest BCUT2D eigenvalue weighted by atomic mass is 10.2. The van der Waals surface area contributed by atoms with Crippen LogP contribution in [-0.2, 0) is 17.8 Å². The third kappa shape index (κ3) is 5.10. The predicted octanol–water partition coefficient (Wildman–Crippen LogP) is 1.79. The van der Waals surface area contributed by atoms with Crippen LogP contribution < -0.4 is 20.3 Å². The summed E-state index contributed by atoms with van der Waals surface area (Å²) >= 11 is 0. The standard InChI is InChI=1S/C20H27N5O2/c1-21-20(23-14-16-6-3-4-8-18(16)26-2)24-15-17-7-5-9-22-19(17)25-10-12-27-13-11-25/h3-9H,10-15H2,1-2H3,(H2,21,23,24). The molecule has 27 heavy (non-hydrogen) atoms. The Balaban J connectivity index is 1.60. The summed E-state index contributed by atoms with van der Waals surface area (Å²) in [6, 6.07) is 12.0. The highest BCUT2D eigenvalue weighted by molar-refractivity contribution is 5.79. The molecule has 0 radical (unpaired) electrons. The second-order valence-corrected chi connectivity index (χ2v) is 6.18. The summed E-state index contributed by atoms with van der Waals surface area (Å²) in [5.74, 6) is 2.61. The number of ether oxygens (including phenoxy) is 2. The Morgan fingerprint density at radius 1 is 1.11 bits per heavy atom. The largest absolute Gasteiger partial charge is 0.496 e. The van der Waals surface area contributed by atoms with E-state index >= 15 is 0 Å². The van der Waals surface area contributed by atoms with Gasteiger partial charge in [-0.3, -0.25) is 4.99 Å². The molecule has 0 aliphatic carbocycles. The molecule has 2 heterocycles. The van der Waals surface area contributed by atoms with Crippen LogP contribution in [0.1, 0.15) is 11.1 Å². The number of anilines is 1. The first-order chi connectivity index (χ1) is 13.3. The number of morpholine rings is 1. The van der Waals surface area contributed by atoms with Crippen molar-refractivity contribution >= 4 is 11.8 Å². The molecule has 0 amide bonds. The zero-order valence-electron chi connectivity index (χ0n) is 15.9. The van der Waals surface area contributed by atoms with Gasteiger partial charge in [0.05, 0.1) is 20.3 Å². The fraction of sp³-hybridized carbons (Fsp3) is 0.400. The number of guanidine groups is 1. The molecular weight excluding hydrogens is 342 g/mol. The average molecular weight is 369 g/mol. The number of pyridine rings is 1. The number of hydrogen-bond donors (Lipinski definition) is 2. The van der Waals surface area contributed by atoms with Gasteiger partial charge < -0.3 is 25.0 Å². The van der Waals surface area contributed by atoms with Gasteiger partial charge >= 0.3 is 0 Å². The second kappa shape index (κ2) is 9.78. The minimum Gasteiger partial charge on any atom is -0.496 e. The molecule has 1 aliphatic heterocycles. The van der Waals surface area contributed by atoms with Gasteiger partial charge in [0.2, 0.25) is 0 Å². The lowest BCUT2D eigenvalue weighted by Gasteiger charge is -2.29. The van der Waals surface area contributed by atoms with Crippen molar-refractivity contribution in [3.63, 3.8) is 0 Å². The molecular formula is C20H27N5O2. The molecule has 1 aliphatic rings. The third-order valence-electron chi connectivity index (χ3n) is 4.49. The topological polar surface area (TPSA) is 71.0 Å². The van der Waals surface area contributed by atoms with Gasteiger partial charge in [-0.15, -0.1) is 0 Å². The minimum absolute atomic E-state index is 0.632. The Morgan fingerprint density at radius 2 is 1.81 bits per heavy atom. The summed E-state index contributed by atoms with van der Waals surface area (Å²) in [5, 5.41) is 6.71. The van der Waals surface area contributed by atoms with E-state index in [1.165, 1.54) is 0 Å². The number of hydrogen-bond acceptors (Lipinski definition) is 5. The number of nitrogens with one attached hydrogen (secondary N) is 2. The summed E-state index contributed by atoms with van der Waals surface area (Å²) in [5.41, 5.74) is 2.22. The number of benzene rings is 1. The van der Waals surface area contributed by atoms with E-state index in [0.717, 1.165) is 55.0 Å². The van der Waals surface area contributed by atoms with Crippen LogP contribution in [0, 0.1) is 0 Å². The number of aliphatic imine (C=N–C) groups is 1. The molecule has 0 atom stereocenters. The lowest BCUT2D eigenvalue weighted by molar-refractivity contribution is 0.122. The smallest absolute Gasteiger partial charge is 0.191 e. The molecule has 7 nitrogen and oxygen atoms in total. The van der Waals surface area contributed by atoms with Crippen LogP contribution in [0.4, 0.5) is 5.82 Å². The number of methoxy groups -OCH3 is 1. The molecule has 1 aromatic carbocycles. The highest BCUT2D eigenvalue weighted by Gasteiger charge is 2.15. The van der Waals surface area contributed by atoms with Gasteiger partial charge in [0.15, 0.2) is 5.96 Å². The Labute approximate surface area is 160 Å². The summed E-state index contributed by atoms with van der Waals surface area (Å²) < 4.78 is 10.8. The number of aromatic nitrogens is 1. The van der Waals surface area contributed by atoms with Gasteiger partial charge in [0.1, 0.15) is 11.6 Å². The van der Waals surface area contributed by atoms with Crippen molar-refractivity contribution in [1.82, 2.24) is 15.6 Å². The van der Waals surface area contributed by atoms with Gasteiger partial charge in [-0.1, -0.05) is 24.3 Å². The zero-order chi connectivity index (χ0) is 18.9. The number of nitrogens with zero attached hydrogens (tertiary/aromatic N) is 3. The molecule has 1 aromatic heterocycles. The SMILES string of the molecule is CN=C(NCc1ccccc1OC)NCc1cccnc1N1CCOCC1. The highest BCUT2D eigenvalue weighted by Crippen LogP contribution is 2.18. The van der Waals surface area contributed by atoms with Crippen LogP contribution in [-0.4, -0.2) is 51.4 Å². The molecule has 0 spiro atoms. The first-order valence-corrected chi connectivity index (χ1v) is 9.15. The Hall–Kier alpha value is -2.80. The van der Waals surface area contributed by atoms with Crippen LogP contribution in [0.5, 0.6) is 5.75 Å². The van der Waals surface area contributed by atoms with Crippen molar-refractivity contribution in [3.05, 3.63) is 53.7 Å². The van der Waals surface area contributed by atoms with Gasteiger partial charge in [0.25, 0.3) is 0 Å². The predicted molar refractivity (Wildman–Crippen MR) is 107 cm³/mol. The van der Waals surface area contributed by atoms with E-state index in [2.05, 4.69) is 31.6 Å². The fourth-order valence-corrected chi connectivity index (χ4v) is 3.06. The van der Waals surface area contributed by atoms with Gasteiger partial charge in [0, 0.05) is 50.6 Å². The van der Waals surface area contributed by atoms with E-state index in [9.17, 15) is 0 Å². The molecule has 2 N–H and O–H groups in total. The van der Waals surface area contributed by atoms with Crippen molar-refractivity contribution in [2.24, 2.45) is 4.99 Å². The van der Waals surface area contributed by atoms with E-state index in [-0.39, 0.29) is 0 Å². The van der Waals surface area contributed by atoms with Crippen molar-refractivity contribution in [2.45, 2.75) is 13.1 Å². The van der Waals surface area contributed by atoms with Gasteiger partial charge in [-0.05, 0) is 12.1 Å². The summed E-state index contributed by atoms with van der Waals surface area (Å²) in [6.07, 6.45) is 1.84. The van der Waals surface area contributed by atoms with Crippen molar-refractivity contribution < 1.29 is 9.47 Å². The minimum atomic E-state index is 0.632. The second-order valence-electron chi connectivity index (χ2n) is 6.18. The summed E-state index contributed by atoms with van der Waals surface area (Å²) in [6.45, 7) is 4.49. The van der Waals surface area contributed by atoms with Crippen LogP contribution in [0.3, 0.4) is 0 Å². The maximum Gasteiger partial charge on any atom is 0.191 e. The van der Waals surface area contributed by atoms with Gasteiger partial charge in [-0.25, -0.2) is 4.98 Å². The lowest BCUT2D eigenvalue weighted by Crippen LogP contribution is -2.39. The average Bonchev–Trinajstić information content (AvgIpc) is 2.75. The van der Waals surface area contributed by atoms with Crippen molar-refractivity contribution in [1.29, 1.82) is 0 Å². The molecule has 0 saturated carbocycles. The van der Waals surface area contributed by atoms with Crippen LogP contribution in [0.25, 0.3) is 0 Å². The molecule has 7 heteroatoms. The maximum atomic E-state index is 5.45. The first-order valence-electron chi connectivity index (χ1n) is 9.15. The van der Waals surface area contributed by atoms with Crippen molar-refractivity contribution in [3.8, 4) is 5.75 Å². The monoisotopic (exact) mass is 369 g/mol. The van der Waals surface area contributed by atoms with E-state index in [0.29, 0.717) is 13.1 Å². The fourth-order valence-electron chi connectivity index (χ4n) is 3.06. The Kier molecular flexibility index (Phi) is 6.87. The summed E-state index contributed by atoms with van der Waals surface area (Å²) in [4.78, 5) is 11.2. The Morgan fingerprint density at radius 3 is 2.56 bits per heavy atom. The van der Waals surface area contributed by atoms with E-state index in [4.69, 9.17) is 9.47 Å². The molecule has 3 rings (SSSR count). The van der Waals surface area contributed by atoms with Crippen molar-refractivity contribution in [2.75, 3.05) is 45.4 Å². The van der Waals surface area contributed by atoms with E-state index < -0.39 is 0 Å². The van der Waals surface area contributed by atoms with Crippen LogP contribution >= 0.6 is 0 Å². The molecule has 144 valence electrons. The molecule has 2 aromatic rings. The molecule has 1 saturated heterocycles. The Bertz CT molecular complexity index is 760. The normalized spacial score (nSPS) is 14.7. The van der Waals surface area contributed by atoms with Crippen LogP contribution in [0.2, 0.25) is 0 Å². The maximum absolute atomic E-state index is 5.45. The van der Waals surface area contributed by atoms with E-state index in [1.807, 2.05) is 36.5 Å². The quantitative estimate of drug-likeness (QED) is 0.598. The number of rotatable bonds is 6. The number of para-hydroxylation sites is 1. The first kappa shape index (κ1) is 19.0. The highest BCUT2D eigenvalue weighted by atomic mass is 16.5. The summed E-state index contributed by atoms with van der Waals surface area (Å²) in [7, 11) is 3.45. The third-order valence-corrected chi connectivity index (χ3v) is 4.49. The van der Waals surface area contributed by atoms with Gasteiger partial charge in [-0.2, -0.15) is 0 Å². The zero-order valence-corrected chi connectivity index (χ0v) is 15.9.